The Balaban J connectivity index is 1.30. The number of halogens is 3. The number of rotatable bonds is 5. The molecule has 0 saturated carbocycles. The Kier molecular flexibility index (Phi) is 5.33. The lowest BCUT2D eigenvalue weighted by Gasteiger charge is -2.32. The normalized spacial score (nSPS) is 16.1. The molecule has 2 N–H and O–H groups in total. The fourth-order valence-electron chi connectivity index (χ4n) is 4.01. The molecule has 1 aliphatic heterocycles. The fraction of sp³-hybridized carbons (Fsp3) is 0.400. The van der Waals surface area contributed by atoms with E-state index in [1.54, 1.807) is 18.6 Å². The Labute approximate surface area is 185 Å². The molecule has 0 aromatic carbocycles. The van der Waals surface area contributed by atoms with Crippen LogP contribution >= 0.6 is 11.5 Å². The largest absolute Gasteiger partial charge is 0.391 e. The molecule has 5 heterocycles. The Morgan fingerprint density at radius 2 is 2.06 bits per heavy atom. The quantitative estimate of drug-likeness (QED) is 0.457. The van der Waals surface area contributed by atoms with Gasteiger partial charge >= 0.3 is 6.18 Å². The van der Waals surface area contributed by atoms with Crippen molar-refractivity contribution in [2.45, 2.75) is 32.5 Å². The summed E-state index contributed by atoms with van der Waals surface area (Å²) in [5, 5.41) is 10.9. The van der Waals surface area contributed by atoms with Crippen molar-refractivity contribution in [1.82, 2.24) is 33.8 Å². The summed E-state index contributed by atoms with van der Waals surface area (Å²) < 4.78 is 45.0. The molecule has 32 heavy (non-hydrogen) atoms. The third-order valence-corrected chi connectivity index (χ3v) is 6.39. The summed E-state index contributed by atoms with van der Waals surface area (Å²) in [5.41, 5.74) is 4.14. The number of hydrogen-bond acceptors (Lipinski definition) is 7. The first kappa shape index (κ1) is 20.9. The van der Waals surface area contributed by atoms with E-state index >= 15 is 0 Å². The number of likely N-dealkylation sites (tertiary alicyclic amines) is 1. The molecular formula is C20H21F3N8S. The molecular weight excluding hydrogens is 441 g/mol. The standard InChI is InChI=1S/C20H21F3N8S/c1-12-10-31-16(13-7-25-26-8-13)9-24-19(31)18(27-12)28-17-6-15(29-32-17)11-30-4-2-14(3-5-30)20(21,22)23/h6-10,14H,2-5,11H2,1H3,(H,25,26)(H,27,28). The summed E-state index contributed by atoms with van der Waals surface area (Å²) in [6.45, 7) is 3.30. The number of nitrogens with one attached hydrogen (secondary N) is 2. The number of hydrogen-bond donors (Lipinski definition) is 2. The summed E-state index contributed by atoms with van der Waals surface area (Å²) in [6, 6.07) is 1.92. The van der Waals surface area contributed by atoms with Crippen LogP contribution in [0.15, 0.2) is 30.9 Å². The molecule has 0 unspecified atom stereocenters. The van der Waals surface area contributed by atoms with E-state index in [9.17, 15) is 13.2 Å². The van der Waals surface area contributed by atoms with E-state index in [0.29, 0.717) is 31.1 Å². The molecule has 0 radical (unpaired) electrons. The molecule has 5 rings (SSSR count). The van der Waals surface area contributed by atoms with Gasteiger partial charge in [-0.1, -0.05) is 0 Å². The summed E-state index contributed by atoms with van der Waals surface area (Å²) in [6.07, 6.45) is 3.41. The monoisotopic (exact) mass is 462 g/mol. The number of aromatic nitrogens is 6. The van der Waals surface area contributed by atoms with E-state index in [1.807, 2.05) is 28.5 Å². The molecule has 1 aliphatic rings. The predicted molar refractivity (Wildman–Crippen MR) is 115 cm³/mol. The second kappa shape index (κ2) is 8.17. The van der Waals surface area contributed by atoms with Gasteiger partial charge in [0.15, 0.2) is 11.5 Å². The molecule has 4 aromatic rings. The molecule has 1 saturated heterocycles. The lowest BCUT2D eigenvalue weighted by molar-refractivity contribution is -0.185. The number of fused-ring (bicyclic) bond motifs is 1. The number of nitrogens with zero attached hydrogens (tertiary/aromatic N) is 6. The van der Waals surface area contributed by atoms with Crippen LogP contribution < -0.4 is 5.32 Å². The van der Waals surface area contributed by atoms with Crippen LogP contribution in [-0.4, -0.2) is 53.1 Å². The lowest BCUT2D eigenvalue weighted by Crippen LogP contribution is -2.38. The van der Waals surface area contributed by atoms with Crippen LogP contribution in [0.1, 0.15) is 24.2 Å². The fourth-order valence-corrected chi connectivity index (χ4v) is 4.66. The van der Waals surface area contributed by atoms with Gasteiger partial charge in [-0.25, -0.2) is 9.97 Å². The number of anilines is 2. The van der Waals surface area contributed by atoms with Crippen LogP contribution in [0.4, 0.5) is 24.0 Å². The van der Waals surface area contributed by atoms with Crippen molar-refractivity contribution in [1.29, 1.82) is 0 Å². The number of aryl methyl sites for hydroxylation is 1. The van der Waals surface area contributed by atoms with Crippen LogP contribution in [0.25, 0.3) is 16.9 Å². The molecule has 0 amide bonds. The third kappa shape index (κ3) is 4.19. The third-order valence-electron chi connectivity index (χ3n) is 5.64. The van der Waals surface area contributed by atoms with Crippen LogP contribution in [0, 0.1) is 12.8 Å². The van der Waals surface area contributed by atoms with Gasteiger partial charge in [-0.05, 0) is 50.5 Å². The minimum Gasteiger partial charge on any atom is -0.328 e. The van der Waals surface area contributed by atoms with Crippen molar-refractivity contribution in [3.8, 4) is 11.3 Å². The van der Waals surface area contributed by atoms with E-state index in [0.717, 1.165) is 27.6 Å². The number of imidazole rings is 1. The Bertz CT molecular complexity index is 1210. The van der Waals surface area contributed by atoms with E-state index in [1.165, 1.54) is 11.5 Å². The first-order valence-corrected chi connectivity index (χ1v) is 11.0. The van der Waals surface area contributed by atoms with E-state index < -0.39 is 12.1 Å². The molecule has 0 bridgehead atoms. The highest BCUT2D eigenvalue weighted by atomic mass is 32.1. The summed E-state index contributed by atoms with van der Waals surface area (Å²) in [4.78, 5) is 11.1. The summed E-state index contributed by atoms with van der Waals surface area (Å²) >= 11 is 1.30. The molecule has 0 spiro atoms. The Morgan fingerprint density at radius 3 is 2.78 bits per heavy atom. The van der Waals surface area contributed by atoms with Crippen LogP contribution in [-0.2, 0) is 6.54 Å². The number of aromatic amines is 1. The maximum atomic E-state index is 12.9. The smallest absolute Gasteiger partial charge is 0.328 e. The van der Waals surface area contributed by atoms with Crippen molar-refractivity contribution >= 4 is 28.0 Å². The molecule has 168 valence electrons. The van der Waals surface area contributed by atoms with Crippen molar-refractivity contribution in [3.63, 3.8) is 0 Å². The zero-order valence-electron chi connectivity index (χ0n) is 17.2. The number of alkyl halides is 3. The zero-order chi connectivity index (χ0) is 22.3. The second-order valence-electron chi connectivity index (χ2n) is 7.95. The van der Waals surface area contributed by atoms with Crippen LogP contribution in [0.3, 0.4) is 0 Å². The van der Waals surface area contributed by atoms with Crippen molar-refractivity contribution in [3.05, 3.63) is 42.2 Å². The van der Waals surface area contributed by atoms with Crippen LogP contribution in [0.5, 0.6) is 0 Å². The Morgan fingerprint density at radius 1 is 1.25 bits per heavy atom. The minimum atomic E-state index is -4.10. The highest BCUT2D eigenvalue weighted by molar-refractivity contribution is 7.10. The summed E-state index contributed by atoms with van der Waals surface area (Å²) in [7, 11) is 0. The number of piperidine rings is 1. The maximum Gasteiger partial charge on any atom is 0.391 e. The lowest BCUT2D eigenvalue weighted by atomic mass is 9.96. The van der Waals surface area contributed by atoms with Crippen LogP contribution in [0.2, 0.25) is 0 Å². The first-order valence-electron chi connectivity index (χ1n) is 10.2. The van der Waals surface area contributed by atoms with Crippen molar-refractivity contribution < 1.29 is 13.2 Å². The highest BCUT2D eigenvalue weighted by Crippen LogP contribution is 2.34. The Hall–Kier alpha value is -2.99. The second-order valence-corrected chi connectivity index (χ2v) is 8.76. The van der Waals surface area contributed by atoms with Gasteiger partial charge in [0.05, 0.1) is 35.4 Å². The SMILES string of the molecule is Cc1cn2c(-c3cn[nH]c3)cnc2c(Nc2cc(CN3CCC(C(F)(F)F)CC3)ns2)n1. The molecule has 0 atom stereocenters. The van der Waals surface area contributed by atoms with Gasteiger partial charge in [0, 0.05) is 24.5 Å². The topological polar surface area (TPSA) is 87.0 Å². The van der Waals surface area contributed by atoms with E-state index in [2.05, 4.69) is 29.9 Å². The van der Waals surface area contributed by atoms with Gasteiger partial charge < -0.3 is 5.32 Å². The highest BCUT2D eigenvalue weighted by Gasteiger charge is 2.41. The zero-order valence-corrected chi connectivity index (χ0v) is 18.0. The molecule has 1 fully saturated rings. The average Bonchev–Trinajstić information content (AvgIpc) is 3.48. The predicted octanol–water partition coefficient (Wildman–Crippen LogP) is 4.40. The minimum absolute atomic E-state index is 0.142. The van der Waals surface area contributed by atoms with Crippen molar-refractivity contribution in [2.24, 2.45) is 5.92 Å². The van der Waals surface area contributed by atoms with Gasteiger partial charge in [-0.15, -0.1) is 0 Å². The van der Waals surface area contributed by atoms with Gasteiger partial charge in [0.2, 0.25) is 0 Å². The molecule has 4 aromatic heterocycles. The average molecular weight is 463 g/mol. The van der Waals surface area contributed by atoms with E-state index in [-0.39, 0.29) is 12.8 Å². The van der Waals surface area contributed by atoms with Gasteiger partial charge in [-0.2, -0.15) is 22.6 Å². The van der Waals surface area contributed by atoms with E-state index in [4.69, 9.17) is 0 Å². The summed E-state index contributed by atoms with van der Waals surface area (Å²) in [5.74, 6) is -0.580. The molecule has 8 nitrogen and oxygen atoms in total. The van der Waals surface area contributed by atoms with Gasteiger partial charge in [0.25, 0.3) is 0 Å². The van der Waals surface area contributed by atoms with Gasteiger partial charge in [0.1, 0.15) is 5.00 Å². The molecule has 12 heteroatoms. The van der Waals surface area contributed by atoms with Crippen molar-refractivity contribution in [2.75, 3.05) is 18.4 Å². The maximum absolute atomic E-state index is 12.9. The number of H-pyrrole nitrogens is 1. The first-order chi connectivity index (χ1) is 15.4. The molecule has 0 aliphatic carbocycles. The van der Waals surface area contributed by atoms with Gasteiger partial charge in [-0.3, -0.25) is 14.4 Å².